The van der Waals surface area contributed by atoms with Gasteiger partial charge in [0.2, 0.25) is 0 Å². The van der Waals surface area contributed by atoms with Gasteiger partial charge in [-0.2, -0.15) is 0 Å². The van der Waals surface area contributed by atoms with Gasteiger partial charge < -0.3 is 14.4 Å². The van der Waals surface area contributed by atoms with Crippen LogP contribution in [0, 0.1) is 0 Å². The first-order chi connectivity index (χ1) is 16.2. The average Bonchev–Trinajstić information content (AvgIpc) is 3.24. The van der Waals surface area contributed by atoms with Gasteiger partial charge in [0, 0.05) is 18.0 Å². The summed E-state index contributed by atoms with van der Waals surface area (Å²) in [7, 11) is 0. The molecule has 1 heterocycles. The van der Waals surface area contributed by atoms with E-state index in [2.05, 4.69) is 28.8 Å². The van der Waals surface area contributed by atoms with E-state index in [0.29, 0.717) is 12.6 Å². The molecular formula is C28H28N2O3. The van der Waals surface area contributed by atoms with Crippen LogP contribution in [0.2, 0.25) is 0 Å². The third-order valence-corrected chi connectivity index (χ3v) is 6.49. The summed E-state index contributed by atoms with van der Waals surface area (Å²) in [5.74, 6) is 0.807. The van der Waals surface area contributed by atoms with Crippen LogP contribution in [-0.2, 0) is 6.42 Å². The smallest absolute Gasteiger partial charge is 0.335 e. The molecule has 0 atom stereocenters. The summed E-state index contributed by atoms with van der Waals surface area (Å²) in [6.45, 7) is 0.627. The predicted molar refractivity (Wildman–Crippen MR) is 130 cm³/mol. The number of hydrogen-bond acceptors (Lipinski definition) is 3. The fourth-order valence-electron chi connectivity index (χ4n) is 4.78. The third-order valence-electron chi connectivity index (χ3n) is 6.49. The zero-order chi connectivity index (χ0) is 22.6. The molecule has 3 aromatic carbocycles. The number of fused-ring (bicyclic) bond motifs is 1. The minimum atomic E-state index is -0.928. The van der Waals surface area contributed by atoms with E-state index in [9.17, 15) is 9.90 Å². The van der Waals surface area contributed by atoms with Crippen molar-refractivity contribution < 1.29 is 14.6 Å². The molecule has 1 aliphatic carbocycles. The van der Waals surface area contributed by atoms with E-state index in [1.807, 2.05) is 36.4 Å². The lowest BCUT2D eigenvalue weighted by Gasteiger charge is -2.25. The summed E-state index contributed by atoms with van der Waals surface area (Å²) in [4.78, 5) is 16.4. The molecule has 1 fully saturated rings. The Kier molecular flexibility index (Phi) is 6.11. The van der Waals surface area contributed by atoms with Crippen molar-refractivity contribution in [1.82, 2.24) is 9.55 Å². The van der Waals surface area contributed by atoms with E-state index in [1.54, 1.807) is 12.1 Å². The summed E-state index contributed by atoms with van der Waals surface area (Å²) in [6.07, 6.45) is 6.82. The van der Waals surface area contributed by atoms with Crippen molar-refractivity contribution in [3.05, 3.63) is 83.9 Å². The summed E-state index contributed by atoms with van der Waals surface area (Å²) in [6, 6.07) is 24.1. The maximum Gasteiger partial charge on any atom is 0.335 e. The van der Waals surface area contributed by atoms with Crippen LogP contribution in [0.1, 0.15) is 54.1 Å². The van der Waals surface area contributed by atoms with Crippen LogP contribution in [0.4, 0.5) is 0 Å². The number of rotatable bonds is 7. The fraction of sp³-hybridized carbons (Fsp3) is 0.286. The van der Waals surface area contributed by atoms with E-state index in [4.69, 9.17) is 9.72 Å². The number of aromatic carboxylic acids is 1. The second-order valence-electron chi connectivity index (χ2n) is 8.71. The molecule has 4 aromatic rings. The minimum absolute atomic E-state index is 0.268. The van der Waals surface area contributed by atoms with Gasteiger partial charge >= 0.3 is 5.97 Å². The highest BCUT2D eigenvalue weighted by atomic mass is 16.5. The monoisotopic (exact) mass is 440 g/mol. The summed E-state index contributed by atoms with van der Waals surface area (Å²) >= 11 is 0. The van der Waals surface area contributed by atoms with Crippen LogP contribution in [0.3, 0.4) is 0 Å². The highest BCUT2D eigenvalue weighted by molar-refractivity contribution is 5.93. The number of benzene rings is 3. The maximum absolute atomic E-state index is 11.5. The Morgan fingerprint density at radius 3 is 2.45 bits per heavy atom. The molecule has 0 aliphatic heterocycles. The molecule has 5 rings (SSSR count). The summed E-state index contributed by atoms with van der Waals surface area (Å²) in [5.41, 5.74) is 4.29. The first kappa shape index (κ1) is 21.3. The van der Waals surface area contributed by atoms with Crippen LogP contribution in [-0.4, -0.2) is 27.2 Å². The van der Waals surface area contributed by atoms with Crippen molar-refractivity contribution in [2.24, 2.45) is 0 Å². The van der Waals surface area contributed by atoms with Crippen molar-refractivity contribution >= 4 is 17.0 Å². The van der Waals surface area contributed by atoms with Crippen molar-refractivity contribution in [1.29, 1.82) is 0 Å². The molecule has 1 aliphatic rings. The van der Waals surface area contributed by atoms with E-state index >= 15 is 0 Å². The Morgan fingerprint density at radius 2 is 1.73 bits per heavy atom. The lowest BCUT2D eigenvalue weighted by atomic mass is 9.95. The Labute approximate surface area is 193 Å². The molecule has 168 valence electrons. The van der Waals surface area contributed by atoms with Gasteiger partial charge in [-0.15, -0.1) is 0 Å². The van der Waals surface area contributed by atoms with Crippen LogP contribution in [0.5, 0.6) is 5.75 Å². The molecule has 0 radical (unpaired) electrons. The zero-order valence-corrected chi connectivity index (χ0v) is 18.6. The number of ether oxygens (including phenoxy) is 1. The Balaban J connectivity index is 1.42. The number of nitrogens with zero attached hydrogens (tertiary/aromatic N) is 2. The molecule has 0 spiro atoms. The van der Waals surface area contributed by atoms with Gasteiger partial charge in [0.05, 0.1) is 23.2 Å². The molecule has 0 bridgehead atoms. The Hall–Kier alpha value is -3.60. The Morgan fingerprint density at radius 1 is 0.970 bits per heavy atom. The standard InChI is InChI=1S/C28H28N2O3/c31-28(32)22-13-16-26-25(19-22)29-27(30(26)23-9-5-2-6-10-23)21-11-14-24(15-12-21)33-18-17-20-7-3-1-4-8-20/h1,3-4,7-8,11-16,19,23H,2,5-6,9-10,17-18H2,(H,31,32). The first-order valence-corrected chi connectivity index (χ1v) is 11.7. The van der Waals surface area contributed by atoms with Crippen molar-refractivity contribution in [3.63, 3.8) is 0 Å². The normalized spacial score (nSPS) is 14.4. The summed E-state index contributed by atoms with van der Waals surface area (Å²) in [5, 5.41) is 9.41. The predicted octanol–water partition coefficient (Wildman–Crippen LogP) is 6.53. The van der Waals surface area contributed by atoms with Crippen molar-refractivity contribution in [3.8, 4) is 17.1 Å². The SMILES string of the molecule is O=C(O)c1ccc2c(c1)nc(-c1ccc(OCCc3ccccc3)cc1)n2C1CCCCC1. The third kappa shape index (κ3) is 4.63. The highest BCUT2D eigenvalue weighted by Crippen LogP contribution is 2.36. The molecular weight excluding hydrogens is 412 g/mol. The molecule has 1 aromatic heterocycles. The molecule has 5 nitrogen and oxygen atoms in total. The molecule has 1 saturated carbocycles. The van der Waals surface area contributed by atoms with Gasteiger partial charge in [0.1, 0.15) is 11.6 Å². The van der Waals surface area contributed by atoms with E-state index < -0.39 is 5.97 Å². The maximum atomic E-state index is 11.5. The average molecular weight is 441 g/mol. The molecule has 33 heavy (non-hydrogen) atoms. The first-order valence-electron chi connectivity index (χ1n) is 11.7. The number of carboxylic acids is 1. The van der Waals surface area contributed by atoms with Gasteiger partial charge in [0.25, 0.3) is 0 Å². The van der Waals surface area contributed by atoms with E-state index in [-0.39, 0.29) is 5.56 Å². The molecule has 0 amide bonds. The molecule has 1 N–H and O–H groups in total. The van der Waals surface area contributed by atoms with Crippen LogP contribution in [0.25, 0.3) is 22.4 Å². The molecule has 0 saturated heterocycles. The number of imidazole rings is 1. The van der Waals surface area contributed by atoms with Crippen LogP contribution >= 0.6 is 0 Å². The van der Waals surface area contributed by atoms with E-state index in [0.717, 1.165) is 47.4 Å². The zero-order valence-electron chi connectivity index (χ0n) is 18.6. The number of aromatic nitrogens is 2. The van der Waals surface area contributed by atoms with Crippen molar-refractivity contribution in [2.45, 2.75) is 44.6 Å². The van der Waals surface area contributed by atoms with E-state index in [1.165, 1.54) is 24.8 Å². The van der Waals surface area contributed by atoms with Gasteiger partial charge in [-0.05, 0) is 60.9 Å². The number of hydrogen-bond donors (Lipinski definition) is 1. The lowest BCUT2D eigenvalue weighted by Crippen LogP contribution is -2.14. The highest BCUT2D eigenvalue weighted by Gasteiger charge is 2.23. The van der Waals surface area contributed by atoms with Crippen molar-refractivity contribution in [2.75, 3.05) is 6.61 Å². The molecule has 5 heteroatoms. The van der Waals surface area contributed by atoms with Gasteiger partial charge in [-0.1, -0.05) is 49.6 Å². The van der Waals surface area contributed by atoms with Crippen LogP contribution < -0.4 is 4.74 Å². The van der Waals surface area contributed by atoms with Gasteiger partial charge in [-0.3, -0.25) is 0 Å². The largest absolute Gasteiger partial charge is 0.493 e. The Bertz CT molecular complexity index is 1240. The fourth-order valence-corrected chi connectivity index (χ4v) is 4.78. The second-order valence-corrected chi connectivity index (χ2v) is 8.71. The number of carbonyl (C=O) groups is 1. The lowest BCUT2D eigenvalue weighted by molar-refractivity contribution is 0.0697. The summed E-state index contributed by atoms with van der Waals surface area (Å²) < 4.78 is 8.28. The number of carboxylic acid groups (broad SMARTS) is 1. The second kappa shape index (κ2) is 9.49. The minimum Gasteiger partial charge on any atom is -0.493 e. The van der Waals surface area contributed by atoms with Gasteiger partial charge in [-0.25, -0.2) is 9.78 Å². The van der Waals surface area contributed by atoms with Gasteiger partial charge in [0.15, 0.2) is 0 Å². The molecule has 0 unspecified atom stereocenters. The quantitative estimate of drug-likeness (QED) is 0.355. The topological polar surface area (TPSA) is 64.3 Å². The van der Waals surface area contributed by atoms with Crippen LogP contribution in [0.15, 0.2) is 72.8 Å².